The fourth-order valence-corrected chi connectivity index (χ4v) is 3.00. The molecule has 0 aliphatic rings. The minimum atomic E-state index is -3.61. The standard InChI is InChI=1S/C13H26NO7P/c1-4-5-8-22(18,19)11(15)6-7-14-13(17)21-9-20-12(16)10(2)3/h10-11,15H,4-9H2,1-3H3,(H,14,17)(H,18,19)/t11-/m1/s1. The maximum absolute atomic E-state index is 11.8. The zero-order chi connectivity index (χ0) is 17.2. The van der Waals surface area contributed by atoms with Crippen molar-refractivity contribution in [2.24, 2.45) is 5.92 Å². The summed E-state index contributed by atoms with van der Waals surface area (Å²) in [4.78, 5) is 32.0. The van der Waals surface area contributed by atoms with E-state index in [1.54, 1.807) is 13.8 Å². The van der Waals surface area contributed by atoms with Gasteiger partial charge in [0.25, 0.3) is 0 Å². The van der Waals surface area contributed by atoms with E-state index in [1.807, 2.05) is 6.92 Å². The van der Waals surface area contributed by atoms with E-state index in [1.165, 1.54) is 0 Å². The van der Waals surface area contributed by atoms with Gasteiger partial charge in [-0.15, -0.1) is 0 Å². The van der Waals surface area contributed by atoms with Gasteiger partial charge in [0.1, 0.15) is 5.85 Å². The molecule has 0 saturated carbocycles. The molecule has 0 aromatic heterocycles. The summed E-state index contributed by atoms with van der Waals surface area (Å²) in [6.07, 6.45) is 0.488. The van der Waals surface area contributed by atoms with E-state index >= 15 is 0 Å². The summed E-state index contributed by atoms with van der Waals surface area (Å²) < 4.78 is 21.0. The molecule has 0 heterocycles. The monoisotopic (exact) mass is 339 g/mol. The van der Waals surface area contributed by atoms with Gasteiger partial charge in [-0.3, -0.25) is 9.36 Å². The number of ether oxygens (including phenoxy) is 2. The summed E-state index contributed by atoms with van der Waals surface area (Å²) in [7, 11) is -3.61. The van der Waals surface area contributed by atoms with Gasteiger partial charge in [0.2, 0.25) is 14.2 Å². The van der Waals surface area contributed by atoms with E-state index in [0.717, 1.165) is 6.42 Å². The SMILES string of the molecule is CCCCP(=O)(O)[C@@H](O)CCNC(=O)OCOC(=O)C(C)C. The van der Waals surface area contributed by atoms with Gasteiger partial charge < -0.3 is 24.8 Å². The average Bonchev–Trinajstić information content (AvgIpc) is 2.44. The van der Waals surface area contributed by atoms with Crippen molar-refractivity contribution in [3.8, 4) is 0 Å². The molecule has 0 rings (SSSR count). The minimum Gasteiger partial charge on any atom is -0.428 e. The number of alkyl carbamates (subject to hydrolysis) is 1. The van der Waals surface area contributed by atoms with Gasteiger partial charge >= 0.3 is 12.1 Å². The lowest BCUT2D eigenvalue weighted by Gasteiger charge is -2.18. The van der Waals surface area contributed by atoms with Gasteiger partial charge in [-0.05, 0) is 6.42 Å². The van der Waals surface area contributed by atoms with E-state index in [4.69, 9.17) is 0 Å². The highest BCUT2D eigenvalue weighted by Crippen LogP contribution is 2.46. The molecule has 2 atom stereocenters. The van der Waals surface area contributed by atoms with Crippen LogP contribution in [-0.2, 0) is 18.8 Å². The molecule has 130 valence electrons. The highest BCUT2D eigenvalue weighted by Gasteiger charge is 2.27. The summed E-state index contributed by atoms with van der Waals surface area (Å²) in [5.41, 5.74) is 0. The van der Waals surface area contributed by atoms with E-state index < -0.39 is 32.1 Å². The Morgan fingerprint density at radius 3 is 2.45 bits per heavy atom. The molecule has 0 saturated heterocycles. The third kappa shape index (κ3) is 9.02. The first kappa shape index (κ1) is 20.9. The third-order valence-corrected chi connectivity index (χ3v) is 4.98. The fourth-order valence-electron chi connectivity index (χ4n) is 1.40. The second-order valence-corrected chi connectivity index (χ2v) is 7.75. The second kappa shape index (κ2) is 10.6. The number of aliphatic hydroxyl groups is 1. The van der Waals surface area contributed by atoms with Crippen LogP contribution in [0.15, 0.2) is 0 Å². The number of esters is 1. The van der Waals surface area contributed by atoms with Crippen LogP contribution in [-0.4, -0.2) is 47.4 Å². The van der Waals surface area contributed by atoms with Crippen LogP contribution in [0.4, 0.5) is 4.79 Å². The number of unbranched alkanes of at least 4 members (excludes halogenated alkanes) is 1. The Balaban J connectivity index is 3.88. The summed E-state index contributed by atoms with van der Waals surface area (Å²) in [6, 6.07) is 0. The number of hydrogen-bond acceptors (Lipinski definition) is 6. The number of carbonyl (C=O) groups excluding carboxylic acids is 2. The van der Waals surface area contributed by atoms with Crippen molar-refractivity contribution in [1.29, 1.82) is 0 Å². The first-order valence-corrected chi connectivity index (χ1v) is 9.19. The largest absolute Gasteiger partial charge is 0.428 e. The number of aliphatic hydroxyl groups excluding tert-OH is 1. The molecule has 0 aliphatic heterocycles. The van der Waals surface area contributed by atoms with Crippen molar-refractivity contribution in [2.45, 2.75) is 45.9 Å². The Labute approximate surface area is 130 Å². The normalized spacial score (nSPS) is 15.0. The first-order chi connectivity index (χ1) is 10.2. The number of hydrogen-bond donors (Lipinski definition) is 3. The van der Waals surface area contributed by atoms with Crippen LogP contribution in [0.5, 0.6) is 0 Å². The summed E-state index contributed by atoms with van der Waals surface area (Å²) in [5, 5.41) is 12.0. The molecule has 1 unspecified atom stereocenters. The molecule has 3 N–H and O–H groups in total. The zero-order valence-electron chi connectivity index (χ0n) is 13.3. The molecular formula is C13H26NO7P. The molecule has 0 radical (unpaired) electrons. The molecule has 0 aromatic carbocycles. The van der Waals surface area contributed by atoms with E-state index in [0.29, 0.717) is 6.42 Å². The van der Waals surface area contributed by atoms with Crippen molar-refractivity contribution in [1.82, 2.24) is 5.32 Å². The van der Waals surface area contributed by atoms with Gasteiger partial charge in [-0.2, -0.15) is 0 Å². The predicted octanol–water partition coefficient (Wildman–Crippen LogP) is 1.65. The molecule has 1 amide bonds. The number of carbonyl (C=O) groups is 2. The van der Waals surface area contributed by atoms with Crippen LogP contribution in [0.2, 0.25) is 0 Å². The van der Waals surface area contributed by atoms with Crippen molar-refractivity contribution in [3.05, 3.63) is 0 Å². The first-order valence-electron chi connectivity index (χ1n) is 7.27. The van der Waals surface area contributed by atoms with Crippen LogP contribution in [0.3, 0.4) is 0 Å². The zero-order valence-corrected chi connectivity index (χ0v) is 14.2. The lowest BCUT2D eigenvalue weighted by atomic mass is 10.2. The van der Waals surface area contributed by atoms with Crippen LogP contribution >= 0.6 is 7.37 Å². The molecular weight excluding hydrogens is 313 g/mol. The quantitative estimate of drug-likeness (QED) is 0.314. The van der Waals surface area contributed by atoms with Crippen LogP contribution in [0.1, 0.15) is 40.0 Å². The second-order valence-electron chi connectivity index (χ2n) is 5.20. The lowest BCUT2D eigenvalue weighted by Crippen LogP contribution is -2.29. The van der Waals surface area contributed by atoms with Crippen LogP contribution in [0.25, 0.3) is 0 Å². The summed E-state index contributed by atoms with van der Waals surface area (Å²) >= 11 is 0. The van der Waals surface area contributed by atoms with E-state index in [-0.39, 0.29) is 25.0 Å². The van der Waals surface area contributed by atoms with Gasteiger partial charge in [-0.1, -0.05) is 27.2 Å². The summed E-state index contributed by atoms with van der Waals surface area (Å²) in [5.74, 6) is -2.18. The Hall–Kier alpha value is -1.11. The molecule has 0 aliphatic carbocycles. The Morgan fingerprint density at radius 1 is 1.27 bits per heavy atom. The van der Waals surface area contributed by atoms with Crippen LogP contribution in [0, 0.1) is 5.92 Å². The highest BCUT2D eigenvalue weighted by molar-refractivity contribution is 7.58. The average molecular weight is 339 g/mol. The maximum Gasteiger partial charge on any atom is 0.410 e. The Bertz CT molecular complexity index is 400. The maximum atomic E-state index is 11.8. The fraction of sp³-hybridized carbons (Fsp3) is 0.846. The van der Waals surface area contributed by atoms with E-state index in [9.17, 15) is 24.2 Å². The lowest BCUT2D eigenvalue weighted by molar-refractivity contribution is -0.155. The van der Waals surface area contributed by atoms with Crippen molar-refractivity contribution in [3.63, 3.8) is 0 Å². The minimum absolute atomic E-state index is 0.0190. The molecule has 0 fully saturated rings. The topological polar surface area (TPSA) is 122 Å². The highest BCUT2D eigenvalue weighted by atomic mass is 31.2. The van der Waals surface area contributed by atoms with Crippen molar-refractivity contribution >= 4 is 19.4 Å². The predicted molar refractivity (Wildman–Crippen MR) is 80.5 cm³/mol. The third-order valence-electron chi connectivity index (χ3n) is 2.83. The molecule has 0 spiro atoms. The number of amides is 1. The van der Waals surface area contributed by atoms with Gasteiger partial charge in [0.05, 0.1) is 5.92 Å². The Kier molecular flexibility index (Phi) is 10.1. The van der Waals surface area contributed by atoms with Crippen LogP contribution < -0.4 is 5.32 Å². The number of nitrogens with one attached hydrogen (secondary N) is 1. The van der Waals surface area contributed by atoms with Gasteiger partial charge in [0.15, 0.2) is 0 Å². The Morgan fingerprint density at radius 2 is 1.91 bits per heavy atom. The molecule has 8 nitrogen and oxygen atoms in total. The molecule has 0 bridgehead atoms. The molecule has 22 heavy (non-hydrogen) atoms. The van der Waals surface area contributed by atoms with Crippen molar-refractivity contribution < 1.29 is 33.6 Å². The molecule has 9 heteroatoms. The van der Waals surface area contributed by atoms with E-state index in [2.05, 4.69) is 14.8 Å². The molecule has 0 aromatic rings. The van der Waals surface area contributed by atoms with Gasteiger partial charge in [0, 0.05) is 19.1 Å². The summed E-state index contributed by atoms with van der Waals surface area (Å²) in [6.45, 7) is 4.66. The smallest absolute Gasteiger partial charge is 0.410 e. The van der Waals surface area contributed by atoms with Crippen molar-refractivity contribution in [2.75, 3.05) is 19.5 Å². The van der Waals surface area contributed by atoms with Gasteiger partial charge in [-0.25, -0.2) is 4.79 Å². The number of rotatable bonds is 10.